The number of esters is 2. The quantitative estimate of drug-likeness (QED) is 0.445. The molecular weight excluding hydrogens is 204 g/mol. The molecule has 6 heteroatoms. The minimum Gasteiger partial charge on any atom is -0.393 e. The minimum atomic E-state index is -1.74. The van der Waals surface area contributed by atoms with Gasteiger partial charge in [-0.25, -0.2) is 4.79 Å². The number of Topliss-reactive ketones (excluding diaryl/α,β-unsaturated/α-hetero) is 1. The van der Waals surface area contributed by atoms with Crippen molar-refractivity contribution in [3.63, 3.8) is 0 Å². The standard InChI is InChI=1S/C9H14O6/c1-2-3-6(11)4-8(13)15-9(14)7(12)5-10/h7,10,12H,2-5H2,1H3. The van der Waals surface area contributed by atoms with Crippen molar-refractivity contribution in [3.05, 3.63) is 0 Å². The molecule has 1 atom stereocenters. The van der Waals surface area contributed by atoms with Crippen LogP contribution in [-0.2, 0) is 19.1 Å². The Morgan fingerprint density at radius 2 is 1.93 bits per heavy atom. The van der Waals surface area contributed by atoms with Gasteiger partial charge < -0.3 is 14.9 Å². The summed E-state index contributed by atoms with van der Waals surface area (Å²) >= 11 is 0. The second-order valence-electron chi connectivity index (χ2n) is 2.96. The van der Waals surface area contributed by atoms with Gasteiger partial charge in [0.2, 0.25) is 0 Å². The Kier molecular flexibility index (Phi) is 6.48. The van der Waals surface area contributed by atoms with Crippen LogP contribution in [0.4, 0.5) is 0 Å². The van der Waals surface area contributed by atoms with Crippen LogP contribution in [0.2, 0.25) is 0 Å². The maximum atomic E-state index is 11.0. The van der Waals surface area contributed by atoms with E-state index >= 15 is 0 Å². The molecule has 0 radical (unpaired) electrons. The van der Waals surface area contributed by atoms with Gasteiger partial charge in [0, 0.05) is 6.42 Å². The number of ether oxygens (including phenoxy) is 1. The topological polar surface area (TPSA) is 101 Å². The summed E-state index contributed by atoms with van der Waals surface area (Å²) in [6, 6.07) is 0. The largest absolute Gasteiger partial charge is 0.393 e. The zero-order chi connectivity index (χ0) is 11.8. The second-order valence-corrected chi connectivity index (χ2v) is 2.96. The Morgan fingerprint density at radius 1 is 1.33 bits per heavy atom. The Balaban J connectivity index is 3.93. The minimum absolute atomic E-state index is 0.242. The van der Waals surface area contributed by atoms with Crippen LogP contribution in [-0.4, -0.2) is 40.6 Å². The maximum Gasteiger partial charge on any atom is 0.345 e. The molecule has 0 aliphatic carbocycles. The lowest BCUT2D eigenvalue weighted by atomic mass is 10.2. The summed E-state index contributed by atoms with van der Waals surface area (Å²) in [5, 5.41) is 17.1. The molecule has 0 spiro atoms. The van der Waals surface area contributed by atoms with E-state index in [4.69, 9.17) is 10.2 Å². The van der Waals surface area contributed by atoms with E-state index in [1.165, 1.54) is 0 Å². The van der Waals surface area contributed by atoms with Crippen LogP contribution in [0.3, 0.4) is 0 Å². The highest BCUT2D eigenvalue weighted by Gasteiger charge is 2.20. The van der Waals surface area contributed by atoms with E-state index in [0.29, 0.717) is 6.42 Å². The van der Waals surface area contributed by atoms with Crippen molar-refractivity contribution in [1.29, 1.82) is 0 Å². The fourth-order valence-electron chi connectivity index (χ4n) is 0.819. The molecule has 0 aromatic rings. The van der Waals surface area contributed by atoms with Gasteiger partial charge in [0.15, 0.2) is 6.10 Å². The summed E-state index contributed by atoms with van der Waals surface area (Å²) in [5.74, 6) is -2.58. The Morgan fingerprint density at radius 3 is 2.40 bits per heavy atom. The second kappa shape index (κ2) is 7.08. The smallest absolute Gasteiger partial charge is 0.345 e. The molecular formula is C9H14O6. The van der Waals surface area contributed by atoms with Gasteiger partial charge in [0.1, 0.15) is 12.2 Å². The molecule has 0 amide bonds. The molecule has 1 unspecified atom stereocenters. The number of ketones is 1. The summed E-state index contributed by atoms with van der Waals surface area (Å²) in [6.45, 7) is 0.957. The first-order valence-electron chi connectivity index (χ1n) is 4.56. The molecule has 0 fully saturated rings. The summed E-state index contributed by atoms with van der Waals surface area (Å²) in [4.78, 5) is 32.6. The summed E-state index contributed by atoms with van der Waals surface area (Å²) in [5.41, 5.74) is 0. The van der Waals surface area contributed by atoms with Crippen LogP contribution >= 0.6 is 0 Å². The van der Waals surface area contributed by atoms with Gasteiger partial charge in [-0.05, 0) is 6.42 Å². The third-order valence-corrected chi connectivity index (χ3v) is 1.53. The van der Waals surface area contributed by atoms with E-state index < -0.39 is 31.1 Å². The van der Waals surface area contributed by atoms with Crippen LogP contribution in [0.1, 0.15) is 26.2 Å². The third-order valence-electron chi connectivity index (χ3n) is 1.53. The summed E-state index contributed by atoms with van der Waals surface area (Å²) < 4.78 is 4.11. The molecule has 0 aromatic carbocycles. The molecule has 6 nitrogen and oxygen atoms in total. The van der Waals surface area contributed by atoms with Crippen molar-refractivity contribution in [2.24, 2.45) is 0 Å². The van der Waals surface area contributed by atoms with Crippen molar-refractivity contribution in [1.82, 2.24) is 0 Å². The van der Waals surface area contributed by atoms with Gasteiger partial charge in [-0.15, -0.1) is 0 Å². The van der Waals surface area contributed by atoms with E-state index in [2.05, 4.69) is 4.74 Å². The van der Waals surface area contributed by atoms with E-state index in [1.807, 2.05) is 0 Å². The molecule has 0 aromatic heterocycles. The number of hydrogen-bond donors (Lipinski definition) is 2. The van der Waals surface area contributed by atoms with Crippen molar-refractivity contribution in [2.45, 2.75) is 32.3 Å². The number of aliphatic hydroxyl groups excluding tert-OH is 2. The Hall–Kier alpha value is -1.27. The number of carbonyl (C=O) groups excluding carboxylic acids is 3. The lowest BCUT2D eigenvalue weighted by molar-refractivity contribution is -0.167. The van der Waals surface area contributed by atoms with E-state index in [9.17, 15) is 14.4 Å². The number of hydrogen-bond acceptors (Lipinski definition) is 6. The lowest BCUT2D eigenvalue weighted by Gasteiger charge is -2.05. The zero-order valence-electron chi connectivity index (χ0n) is 8.43. The van der Waals surface area contributed by atoms with Crippen molar-refractivity contribution in [2.75, 3.05) is 6.61 Å². The first kappa shape index (κ1) is 13.7. The van der Waals surface area contributed by atoms with E-state index in [-0.39, 0.29) is 12.2 Å². The monoisotopic (exact) mass is 218 g/mol. The van der Waals surface area contributed by atoms with Gasteiger partial charge >= 0.3 is 11.9 Å². The highest BCUT2D eigenvalue weighted by Crippen LogP contribution is 1.98. The average Bonchev–Trinajstić information content (AvgIpc) is 2.16. The third kappa shape index (κ3) is 5.92. The number of carbonyl (C=O) groups is 3. The molecule has 0 aliphatic heterocycles. The van der Waals surface area contributed by atoms with Crippen molar-refractivity contribution < 1.29 is 29.3 Å². The first-order valence-corrected chi connectivity index (χ1v) is 4.56. The van der Waals surface area contributed by atoms with Crippen molar-refractivity contribution >= 4 is 17.7 Å². The predicted octanol–water partition coefficient (Wildman–Crippen LogP) is -0.831. The van der Waals surface area contributed by atoms with Gasteiger partial charge in [0.05, 0.1) is 6.61 Å². The lowest BCUT2D eigenvalue weighted by Crippen LogP contribution is -2.29. The molecule has 0 heterocycles. The van der Waals surface area contributed by atoms with Crippen LogP contribution in [0.25, 0.3) is 0 Å². The average molecular weight is 218 g/mol. The highest BCUT2D eigenvalue weighted by atomic mass is 16.6. The summed E-state index contributed by atoms with van der Waals surface area (Å²) in [6.07, 6.45) is -1.38. The zero-order valence-corrected chi connectivity index (χ0v) is 8.43. The van der Waals surface area contributed by atoms with Crippen LogP contribution in [0, 0.1) is 0 Å². The number of aliphatic hydroxyl groups is 2. The Labute approximate surface area is 86.8 Å². The van der Waals surface area contributed by atoms with E-state index in [1.54, 1.807) is 6.92 Å². The van der Waals surface area contributed by atoms with Gasteiger partial charge in [-0.2, -0.15) is 0 Å². The predicted molar refractivity (Wildman–Crippen MR) is 48.7 cm³/mol. The molecule has 0 saturated carbocycles. The van der Waals surface area contributed by atoms with E-state index in [0.717, 1.165) is 0 Å². The molecule has 15 heavy (non-hydrogen) atoms. The van der Waals surface area contributed by atoms with Gasteiger partial charge in [-0.3, -0.25) is 9.59 Å². The SMILES string of the molecule is CCCC(=O)CC(=O)OC(=O)C(O)CO. The van der Waals surface area contributed by atoms with Crippen molar-refractivity contribution in [3.8, 4) is 0 Å². The maximum absolute atomic E-state index is 11.0. The molecule has 0 aliphatic rings. The normalized spacial score (nSPS) is 11.9. The summed E-state index contributed by atoms with van der Waals surface area (Å²) in [7, 11) is 0. The van der Waals surface area contributed by atoms with Crippen LogP contribution in [0.5, 0.6) is 0 Å². The molecule has 0 saturated heterocycles. The van der Waals surface area contributed by atoms with Crippen LogP contribution in [0.15, 0.2) is 0 Å². The Bertz CT molecular complexity index is 247. The van der Waals surface area contributed by atoms with Gasteiger partial charge in [-0.1, -0.05) is 6.92 Å². The fraction of sp³-hybridized carbons (Fsp3) is 0.667. The fourth-order valence-corrected chi connectivity index (χ4v) is 0.819. The highest BCUT2D eigenvalue weighted by molar-refractivity contribution is 5.99. The molecule has 0 bridgehead atoms. The number of rotatable bonds is 6. The molecule has 0 rings (SSSR count). The molecule has 86 valence electrons. The molecule has 2 N–H and O–H groups in total. The van der Waals surface area contributed by atoms with Gasteiger partial charge in [0.25, 0.3) is 0 Å². The first-order chi connectivity index (χ1) is 7.01. The van der Waals surface area contributed by atoms with Crippen LogP contribution < -0.4 is 0 Å².